The maximum atomic E-state index is 14.2. The van der Waals surface area contributed by atoms with Crippen molar-refractivity contribution in [2.45, 2.75) is 13.0 Å². The van der Waals surface area contributed by atoms with Crippen LogP contribution in [0.5, 0.6) is 5.75 Å². The van der Waals surface area contributed by atoms with Crippen LogP contribution in [0.2, 0.25) is 5.02 Å². The van der Waals surface area contributed by atoms with Crippen molar-refractivity contribution in [2.24, 2.45) is 0 Å². The second-order valence-corrected chi connectivity index (χ2v) is 4.97. The Morgan fingerprint density at radius 3 is 2.55 bits per heavy atom. The molecule has 0 saturated heterocycles. The van der Waals surface area contributed by atoms with Gasteiger partial charge in [0.05, 0.1) is 13.2 Å². The highest BCUT2D eigenvalue weighted by molar-refractivity contribution is 6.32. The summed E-state index contributed by atoms with van der Waals surface area (Å²) in [5, 5.41) is 3.77. The average Bonchev–Trinajstić information content (AvgIpc) is 2.45. The standard InChI is InChI=1S/C16H17ClFNO/c1-10-5-4-6-13(15(10)17)16(19-2)12-8-7-11(20-3)9-14(12)18/h4-9,16,19H,1-3H3. The fourth-order valence-electron chi connectivity index (χ4n) is 2.24. The average molecular weight is 294 g/mol. The highest BCUT2D eigenvalue weighted by atomic mass is 35.5. The minimum Gasteiger partial charge on any atom is -0.497 e. The van der Waals surface area contributed by atoms with Gasteiger partial charge in [-0.3, -0.25) is 0 Å². The Morgan fingerprint density at radius 2 is 1.95 bits per heavy atom. The molecule has 1 N–H and O–H groups in total. The van der Waals surface area contributed by atoms with Crippen LogP contribution < -0.4 is 10.1 Å². The summed E-state index contributed by atoms with van der Waals surface area (Å²) in [5.74, 6) is 0.178. The third kappa shape index (κ3) is 2.79. The Morgan fingerprint density at radius 1 is 1.20 bits per heavy atom. The third-order valence-electron chi connectivity index (χ3n) is 3.34. The number of benzene rings is 2. The van der Waals surface area contributed by atoms with E-state index < -0.39 is 0 Å². The van der Waals surface area contributed by atoms with Crippen LogP contribution >= 0.6 is 11.6 Å². The van der Waals surface area contributed by atoms with E-state index in [1.165, 1.54) is 13.2 Å². The van der Waals surface area contributed by atoms with Gasteiger partial charge in [0.2, 0.25) is 0 Å². The molecule has 20 heavy (non-hydrogen) atoms. The van der Waals surface area contributed by atoms with Crippen LogP contribution in [0.3, 0.4) is 0 Å². The summed E-state index contributed by atoms with van der Waals surface area (Å²) in [4.78, 5) is 0. The molecular formula is C16H17ClFNO. The molecular weight excluding hydrogens is 277 g/mol. The molecule has 2 nitrogen and oxygen atoms in total. The lowest BCUT2D eigenvalue weighted by atomic mass is 9.96. The summed E-state index contributed by atoms with van der Waals surface area (Å²) in [6.07, 6.45) is 0. The lowest BCUT2D eigenvalue weighted by Crippen LogP contribution is -2.19. The summed E-state index contributed by atoms with van der Waals surface area (Å²) < 4.78 is 19.3. The molecule has 0 aliphatic carbocycles. The minimum absolute atomic E-state index is 0.298. The Kier molecular flexibility index (Phi) is 4.63. The largest absolute Gasteiger partial charge is 0.497 e. The molecule has 0 bridgehead atoms. The first-order valence-corrected chi connectivity index (χ1v) is 6.72. The smallest absolute Gasteiger partial charge is 0.132 e. The van der Waals surface area contributed by atoms with E-state index in [2.05, 4.69) is 5.32 Å². The number of nitrogens with one attached hydrogen (secondary N) is 1. The Balaban J connectivity index is 2.50. The summed E-state index contributed by atoms with van der Waals surface area (Å²) >= 11 is 6.34. The molecule has 0 aliphatic rings. The lowest BCUT2D eigenvalue weighted by molar-refractivity contribution is 0.410. The Labute approximate surface area is 123 Å². The first-order valence-electron chi connectivity index (χ1n) is 6.34. The summed E-state index contributed by atoms with van der Waals surface area (Å²) in [6.45, 7) is 1.93. The summed E-state index contributed by atoms with van der Waals surface area (Å²) in [7, 11) is 3.30. The highest BCUT2D eigenvalue weighted by Gasteiger charge is 2.19. The zero-order valence-corrected chi connectivity index (χ0v) is 12.5. The fourth-order valence-corrected chi connectivity index (χ4v) is 2.48. The van der Waals surface area contributed by atoms with Crippen LogP contribution in [0.4, 0.5) is 4.39 Å². The SMILES string of the molecule is CNC(c1ccc(OC)cc1F)c1cccc(C)c1Cl. The Hall–Kier alpha value is -1.58. The third-order valence-corrected chi connectivity index (χ3v) is 3.86. The van der Waals surface area contributed by atoms with Gasteiger partial charge in [-0.2, -0.15) is 0 Å². The van der Waals surface area contributed by atoms with Crippen molar-refractivity contribution in [3.8, 4) is 5.75 Å². The van der Waals surface area contributed by atoms with Crippen molar-refractivity contribution >= 4 is 11.6 Å². The van der Waals surface area contributed by atoms with E-state index in [9.17, 15) is 4.39 Å². The second kappa shape index (κ2) is 6.25. The predicted octanol–water partition coefficient (Wildman–Crippen LogP) is 4.10. The molecule has 2 aromatic rings. The molecule has 2 aromatic carbocycles. The molecule has 0 aliphatic heterocycles. The van der Waals surface area contributed by atoms with Gasteiger partial charge < -0.3 is 10.1 Å². The molecule has 0 radical (unpaired) electrons. The maximum Gasteiger partial charge on any atom is 0.132 e. The number of ether oxygens (including phenoxy) is 1. The predicted molar refractivity (Wildman–Crippen MR) is 80.0 cm³/mol. The van der Waals surface area contributed by atoms with Crippen LogP contribution in [0.25, 0.3) is 0 Å². The summed E-state index contributed by atoms with van der Waals surface area (Å²) in [6, 6.07) is 10.3. The fraction of sp³-hybridized carbons (Fsp3) is 0.250. The maximum absolute atomic E-state index is 14.2. The van der Waals surface area contributed by atoms with Crippen molar-refractivity contribution in [1.29, 1.82) is 0 Å². The van der Waals surface area contributed by atoms with Gasteiger partial charge in [0, 0.05) is 16.7 Å². The van der Waals surface area contributed by atoms with Crippen molar-refractivity contribution in [3.63, 3.8) is 0 Å². The van der Waals surface area contributed by atoms with Crippen LogP contribution in [0.15, 0.2) is 36.4 Å². The molecule has 1 unspecified atom stereocenters. The minimum atomic E-state index is -0.318. The molecule has 2 rings (SSSR count). The zero-order chi connectivity index (χ0) is 14.7. The molecule has 0 spiro atoms. The molecule has 1 atom stereocenters. The lowest BCUT2D eigenvalue weighted by Gasteiger charge is -2.20. The number of rotatable bonds is 4. The topological polar surface area (TPSA) is 21.3 Å². The molecule has 0 heterocycles. The molecule has 0 aromatic heterocycles. The van der Waals surface area contributed by atoms with Gasteiger partial charge in [0.25, 0.3) is 0 Å². The molecule has 0 amide bonds. The van der Waals surface area contributed by atoms with Crippen LogP contribution in [0, 0.1) is 12.7 Å². The van der Waals surface area contributed by atoms with E-state index in [0.29, 0.717) is 16.3 Å². The van der Waals surface area contributed by atoms with E-state index in [1.54, 1.807) is 19.2 Å². The number of aryl methyl sites for hydroxylation is 1. The number of hydrogen-bond acceptors (Lipinski definition) is 2. The monoisotopic (exact) mass is 293 g/mol. The molecule has 106 valence electrons. The van der Waals surface area contributed by atoms with E-state index >= 15 is 0 Å². The molecule has 4 heteroatoms. The number of halogens is 2. The van der Waals surface area contributed by atoms with E-state index in [4.69, 9.17) is 16.3 Å². The van der Waals surface area contributed by atoms with Gasteiger partial charge in [0.1, 0.15) is 11.6 Å². The van der Waals surface area contributed by atoms with Crippen molar-refractivity contribution < 1.29 is 9.13 Å². The van der Waals surface area contributed by atoms with E-state index in [-0.39, 0.29) is 11.9 Å². The van der Waals surface area contributed by atoms with Crippen molar-refractivity contribution in [2.75, 3.05) is 14.2 Å². The van der Waals surface area contributed by atoms with Gasteiger partial charge in [-0.05, 0) is 31.2 Å². The molecule has 0 fully saturated rings. The van der Waals surface area contributed by atoms with Crippen molar-refractivity contribution in [1.82, 2.24) is 5.32 Å². The van der Waals surface area contributed by atoms with E-state index in [1.807, 2.05) is 25.1 Å². The van der Waals surface area contributed by atoms with Gasteiger partial charge in [0.15, 0.2) is 0 Å². The Bertz CT molecular complexity index is 615. The van der Waals surface area contributed by atoms with Gasteiger partial charge >= 0.3 is 0 Å². The highest BCUT2D eigenvalue weighted by Crippen LogP contribution is 2.32. The normalized spacial score (nSPS) is 12.2. The number of methoxy groups -OCH3 is 1. The van der Waals surface area contributed by atoms with E-state index in [0.717, 1.165) is 11.1 Å². The van der Waals surface area contributed by atoms with Crippen LogP contribution in [-0.4, -0.2) is 14.2 Å². The number of hydrogen-bond donors (Lipinski definition) is 1. The first-order chi connectivity index (χ1) is 9.58. The second-order valence-electron chi connectivity index (χ2n) is 4.59. The molecule has 0 saturated carbocycles. The van der Waals surface area contributed by atoms with Crippen LogP contribution in [-0.2, 0) is 0 Å². The van der Waals surface area contributed by atoms with Gasteiger partial charge in [-0.1, -0.05) is 35.9 Å². The van der Waals surface area contributed by atoms with Gasteiger partial charge in [-0.25, -0.2) is 4.39 Å². The van der Waals surface area contributed by atoms with Crippen molar-refractivity contribution in [3.05, 3.63) is 63.9 Å². The van der Waals surface area contributed by atoms with Crippen LogP contribution in [0.1, 0.15) is 22.7 Å². The quantitative estimate of drug-likeness (QED) is 0.916. The first kappa shape index (κ1) is 14.8. The summed E-state index contributed by atoms with van der Waals surface area (Å²) in [5.41, 5.74) is 2.37. The van der Waals surface area contributed by atoms with Gasteiger partial charge in [-0.15, -0.1) is 0 Å². The zero-order valence-electron chi connectivity index (χ0n) is 11.7.